The van der Waals surface area contributed by atoms with Crippen molar-refractivity contribution >= 4 is 5.88 Å². The number of hydrogen-bond donors (Lipinski definition) is 1. The van der Waals surface area contributed by atoms with Crippen molar-refractivity contribution in [2.24, 2.45) is 0 Å². The molecule has 2 N–H and O–H groups in total. The molecule has 16 heavy (non-hydrogen) atoms. The molecule has 0 atom stereocenters. The van der Waals surface area contributed by atoms with E-state index in [2.05, 4.69) is 5.16 Å². The van der Waals surface area contributed by atoms with Gasteiger partial charge in [-0.25, -0.2) is 0 Å². The summed E-state index contributed by atoms with van der Waals surface area (Å²) in [4.78, 5) is 0. The fourth-order valence-electron chi connectivity index (χ4n) is 1.71. The number of nitrogens with zero attached hydrogens (tertiary/aromatic N) is 1. The molecule has 0 aliphatic carbocycles. The number of aromatic nitrogens is 1. The molecule has 0 radical (unpaired) electrons. The lowest BCUT2D eigenvalue weighted by atomic mass is 10.0. The fourth-order valence-corrected chi connectivity index (χ4v) is 1.71. The normalized spacial score (nSPS) is 10.4. The molecule has 1 heterocycles. The summed E-state index contributed by atoms with van der Waals surface area (Å²) in [7, 11) is 1.65. The van der Waals surface area contributed by atoms with Gasteiger partial charge in [-0.2, -0.15) is 0 Å². The minimum absolute atomic E-state index is 0.336. The van der Waals surface area contributed by atoms with Gasteiger partial charge in [0.25, 0.3) is 0 Å². The van der Waals surface area contributed by atoms with Gasteiger partial charge < -0.3 is 15.0 Å². The summed E-state index contributed by atoms with van der Waals surface area (Å²) < 4.78 is 10.2. The zero-order valence-electron chi connectivity index (χ0n) is 9.57. The molecular formula is C12H14N2O2. The Morgan fingerprint density at radius 2 is 2.06 bits per heavy atom. The quantitative estimate of drug-likeness (QED) is 0.841. The van der Waals surface area contributed by atoms with Crippen molar-refractivity contribution in [1.82, 2.24) is 5.16 Å². The van der Waals surface area contributed by atoms with Crippen molar-refractivity contribution in [3.05, 3.63) is 29.5 Å². The molecule has 0 aliphatic rings. The number of nitrogen functional groups attached to an aromatic ring is 1. The van der Waals surface area contributed by atoms with Gasteiger partial charge in [-0.15, -0.1) is 0 Å². The molecule has 4 heteroatoms. The highest BCUT2D eigenvalue weighted by atomic mass is 16.5. The molecule has 0 bridgehead atoms. The van der Waals surface area contributed by atoms with Crippen molar-refractivity contribution in [2.45, 2.75) is 13.8 Å². The van der Waals surface area contributed by atoms with E-state index in [9.17, 15) is 0 Å². The molecule has 0 saturated carbocycles. The largest absolute Gasteiger partial charge is 0.496 e. The Morgan fingerprint density at radius 3 is 2.62 bits per heavy atom. The SMILES string of the molecule is COc1cc(-c2c(C)noc2N)ccc1C. The Bertz CT molecular complexity index is 498. The number of ether oxygens (including phenoxy) is 1. The number of anilines is 1. The zero-order chi connectivity index (χ0) is 11.7. The summed E-state index contributed by atoms with van der Waals surface area (Å²) in [5.74, 6) is 1.17. The molecule has 0 amide bonds. The van der Waals surface area contributed by atoms with Crippen LogP contribution in [0.15, 0.2) is 22.7 Å². The lowest BCUT2D eigenvalue weighted by Crippen LogP contribution is -1.90. The second kappa shape index (κ2) is 3.89. The lowest BCUT2D eigenvalue weighted by Gasteiger charge is -2.07. The van der Waals surface area contributed by atoms with E-state index in [-0.39, 0.29) is 0 Å². The minimum Gasteiger partial charge on any atom is -0.496 e. The third-order valence-electron chi connectivity index (χ3n) is 2.59. The van der Waals surface area contributed by atoms with Crippen LogP contribution in [-0.4, -0.2) is 12.3 Å². The van der Waals surface area contributed by atoms with Crippen LogP contribution >= 0.6 is 0 Å². The molecule has 2 rings (SSSR count). The first-order valence-electron chi connectivity index (χ1n) is 5.00. The van der Waals surface area contributed by atoms with Gasteiger partial charge in [0.05, 0.1) is 18.4 Å². The molecule has 2 aromatic rings. The van der Waals surface area contributed by atoms with Crippen molar-refractivity contribution in [2.75, 3.05) is 12.8 Å². The smallest absolute Gasteiger partial charge is 0.230 e. The molecule has 0 aliphatic heterocycles. The topological polar surface area (TPSA) is 61.3 Å². The molecule has 4 nitrogen and oxygen atoms in total. The molecule has 0 saturated heterocycles. The van der Waals surface area contributed by atoms with E-state index in [1.807, 2.05) is 32.0 Å². The second-order valence-corrected chi connectivity index (χ2v) is 3.69. The van der Waals surface area contributed by atoms with Gasteiger partial charge in [-0.3, -0.25) is 0 Å². The van der Waals surface area contributed by atoms with Gasteiger partial charge in [0.1, 0.15) is 5.75 Å². The lowest BCUT2D eigenvalue weighted by molar-refractivity contribution is 0.412. The highest BCUT2D eigenvalue weighted by molar-refractivity contribution is 5.76. The van der Waals surface area contributed by atoms with Crippen LogP contribution in [0.1, 0.15) is 11.3 Å². The van der Waals surface area contributed by atoms with Gasteiger partial charge in [-0.1, -0.05) is 17.3 Å². The van der Waals surface area contributed by atoms with E-state index in [1.54, 1.807) is 7.11 Å². The van der Waals surface area contributed by atoms with E-state index < -0.39 is 0 Å². The van der Waals surface area contributed by atoms with E-state index in [4.69, 9.17) is 15.0 Å². The van der Waals surface area contributed by atoms with Crippen LogP contribution in [0.25, 0.3) is 11.1 Å². The second-order valence-electron chi connectivity index (χ2n) is 3.69. The van der Waals surface area contributed by atoms with Crippen molar-refractivity contribution in [3.8, 4) is 16.9 Å². The summed E-state index contributed by atoms with van der Waals surface area (Å²) in [6.45, 7) is 3.86. The van der Waals surface area contributed by atoms with Crippen LogP contribution in [0, 0.1) is 13.8 Å². The summed E-state index contributed by atoms with van der Waals surface area (Å²) in [6, 6.07) is 5.90. The monoisotopic (exact) mass is 218 g/mol. The highest BCUT2D eigenvalue weighted by Gasteiger charge is 2.13. The number of nitrogens with two attached hydrogens (primary N) is 1. The van der Waals surface area contributed by atoms with Crippen LogP contribution in [0.3, 0.4) is 0 Å². The maximum atomic E-state index is 5.73. The fraction of sp³-hybridized carbons (Fsp3) is 0.250. The molecule has 0 spiro atoms. The predicted molar refractivity (Wildman–Crippen MR) is 62.4 cm³/mol. The Hall–Kier alpha value is -1.97. The third kappa shape index (κ3) is 1.62. The predicted octanol–water partition coefficient (Wildman–Crippen LogP) is 2.55. The van der Waals surface area contributed by atoms with E-state index in [0.29, 0.717) is 5.88 Å². The minimum atomic E-state index is 0.336. The Balaban J connectivity index is 2.57. The van der Waals surface area contributed by atoms with Crippen molar-refractivity contribution in [1.29, 1.82) is 0 Å². The summed E-state index contributed by atoms with van der Waals surface area (Å²) >= 11 is 0. The van der Waals surface area contributed by atoms with Gasteiger partial charge in [-0.05, 0) is 31.0 Å². The molecular weight excluding hydrogens is 204 g/mol. The van der Waals surface area contributed by atoms with Crippen LogP contribution in [0.5, 0.6) is 5.75 Å². The average molecular weight is 218 g/mol. The van der Waals surface area contributed by atoms with E-state index in [0.717, 1.165) is 28.1 Å². The standard InChI is InChI=1S/C12H14N2O2/c1-7-4-5-9(6-10(7)15-3)11-8(2)14-16-12(11)13/h4-6H,13H2,1-3H3. The van der Waals surface area contributed by atoms with Gasteiger partial charge in [0.15, 0.2) is 0 Å². The summed E-state index contributed by atoms with van der Waals surface area (Å²) in [6.07, 6.45) is 0. The van der Waals surface area contributed by atoms with E-state index >= 15 is 0 Å². The summed E-state index contributed by atoms with van der Waals surface area (Å²) in [5, 5.41) is 3.83. The number of aryl methyl sites for hydroxylation is 2. The molecule has 0 fully saturated rings. The Kier molecular flexibility index (Phi) is 2.56. The number of benzene rings is 1. The molecule has 84 valence electrons. The molecule has 1 aromatic heterocycles. The Labute approximate surface area is 94.0 Å². The zero-order valence-corrected chi connectivity index (χ0v) is 9.57. The first-order chi connectivity index (χ1) is 7.63. The van der Waals surface area contributed by atoms with Gasteiger partial charge >= 0.3 is 0 Å². The maximum absolute atomic E-state index is 5.73. The molecule has 1 aromatic carbocycles. The van der Waals surface area contributed by atoms with Crippen molar-refractivity contribution in [3.63, 3.8) is 0 Å². The number of hydrogen-bond acceptors (Lipinski definition) is 4. The van der Waals surface area contributed by atoms with Crippen LogP contribution in [-0.2, 0) is 0 Å². The number of rotatable bonds is 2. The van der Waals surface area contributed by atoms with Crippen LogP contribution < -0.4 is 10.5 Å². The van der Waals surface area contributed by atoms with Gasteiger partial charge in [0.2, 0.25) is 5.88 Å². The maximum Gasteiger partial charge on any atom is 0.230 e. The molecule has 0 unspecified atom stereocenters. The third-order valence-corrected chi connectivity index (χ3v) is 2.59. The Morgan fingerprint density at radius 1 is 1.31 bits per heavy atom. The first-order valence-corrected chi connectivity index (χ1v) is 5.00. The van der Waals surface area contributed by atoms with Gasteiger partial charge in [0, 0.05) is 0 Å². The van der Waals surface area contributed by atoms with Crippen LogP contribution in [0.2, 0.25) is 0 Å². The van der Waals surface area contributed by atoms with Crippen LogP contribution in [0.4, 0.5) is 5.88 Å². The average Bonchev–Trinajstić information content (AvgIpc) is 2.60. The first kappa shape index (κ1) is 10.5. The summed E-state index contributed by atoms with van der Waals surface area (Å²) in [5.41, 5.74) is 9.39. The van der Waals surface area contributed by atoms with E-state index in [1.165, 1.54) is 0 Å². The number of methoxy groups -OCH3 is 1. The van der Waals surface area contributed by atoms with Crippen molar-refractivity contribution < 1.29 is 9.26 Å². The highest BCUT2D eigenvalue weighted by Crippen LogP contribution is 2.32.